The van der Waals surface area contributed by atoms with Crippen molar-refractivity contribution < 1.29 is 29.0 Å². The second kappa shape index (κ2) is 11.2. The lowest BCUT2D eigenvalue weighted by atomic mass is 9.87. The number of carbonyl (C=O) groups is 3. The van der Waals surface area contributed by atoms with Crippen molar-refractivity contribution in [2.45, 2.75) is 38.6 Å². The summed E-state index contributed by atoms with van der Waals surface area (Å²) in [6, 6.07) is 15.2. The third-order valence-electron chi connectivity index (χ3n) is 6.51. The molecule has 2 aromatic carbocycles. The van der Waals surface area contributed by atoms with Crippen molar-refractivity contribution in [2.75, 3.05) is 26.9 Å². The predicted molar refractivity (Wildman–Crippen MR) is 128 cm³/mol. The molecule has 2 unspecified atom stereocenters. The highest BCUT2D eigenvalue weighted by molar-refractivity contribution is 5.86. The van der Waals surface area contributed by atoms with Gasteiger partial charge >= 0.3 is 12.1 Å². The zero-order valence-electron chi connectivity index (χ0n) is 19.8. The molecule has 182 valence electrons. The van der Waals surface area contributed by atoms with Crippen LogP contribution in [0, 0.1) is 5.41 Å². The summed E-state index contributed by atoms with van der Waals surface area (Å²) in [6.45, 7) is 3.64. The number of carboxylic acid groups (broad SMARTS) is 1. The first kappa shape index (κ1) is 25.2. The van der Waals surface area contributed by atoms with Crippen LogP contribution in [0.2, 0.25) is 0 Å². The van der Waals surface area contributed by atoms with Gasteiger partial charge in [-0.25, -0.2) is 4.79 Å². The Balaban J connectivity index is 1.63. The fourth-order valence-electron chi connectivity index (χ4n) is 4.04. The summed E-state index contributed by atoms with van der Waals surface area (Å²) < 4.78 is 10.6. The van der Waals surface area contributed by atoms with E-state index in [0.29, 0.717) is 6.42 Å². The summed E-state index contributed by atoms with van der Waals surface area (Å²) in [5.74, 6) is -1.56. The summed E-state index contributed by atoms with van der Waals surface area (Å²) in [5.41, 5.74) is 3.35. The van der Waals surface area contributed by atoms with Crippen molar-refractivity contribution in [1.29, 1.82) is 0 Å². The Labute approximate surface area is 199 Å². The number of methoxy groups -OCH3 is 1. The number of hydrogen-bond acceptors (Lipinski definition) is 5. The summed E-state index contributed by atoms with van der Waals surface area (Å²) >= 11 is 0. The predicted octanol–water partition coefficient (Wildman–Crippen LogP) is 3.55. The molecule has 2 aromatic rings. The second-order valence-electron chi connectivity index (χ2n) is 8.74. The van der Waals surface area contributed by atoms with Crippen LogP contribution in [0.1, 0.15) is 43.7 Å². The van der Waals surface area contributed by atoms with Gasteiger partial charge in [-0.2, -0.15) is 0 Å². The van der Waals surface area contributed by atoms with E-state index in [0.717, 1.165) is 22.3 Å². The van der Waals surface area contributed by atoms with Crippen LogP contribution in [0.25, 0.3) is 11.1 Å². The summed E-state index contributed by atoms with van der Waals surface area (Å²) in [6.07, 6.45) is -0.136. The summed E-state index contributed by atoms with van der Waals surface area (Å²) in [7, 11) is 1.50. The maximum atomic E-state index is 12.7. The number of alkyl carbamates (subject to hydrolysis) is 1. The number of rotatable bonds is 11. The van der Waals surface area contributed by atoms with Crippen LogP contribution in [0.15, 0.2) is 48.5 Å². The average Bonchev–Trinajstić information content (AvgIpc) is 3.17. The second-order valence-corrected chi connectivity index (χ2v) is 8.74. The molecule has 0 bridgehead atoms. The van der Waals surface area contributed by atoms with Crippen LogP contribution in [-0.4, -0.2) is 56.0 Å². The number of nitrogens with one attached hydrogen (secondary N) is 2. The lowest BCUT2D eigenvalue weighted by molar-refractivity contribution is -0.148. The van der Waals surface area contributed by atoms with Gasteiger partial charge in [0.25, 0.3) is 0 Å². The van der Waals surface area contributed by atoms with Crippen molar-refractivity contribution in [2.24, 2.45) is 5.41 Å². The Morgan fingerprint density at radius 3 is 2.18 bits per heavy atom. The van der Waals surface area contributed by atoms with Crippen LogP contribution >= 0.6 is 0 Å². The number of amides is 2. The normalized spacial score (nSPS) is 14.9. The van der Waals surface area contributed by atoms with E-state index in [1.54, 1.807) is 13.8 Å². The largest absolute Gasteiger partial charge is 0.481 e. The zero-order chi connectivity index (χ0) is 24.7. The maximum absolute atomic E-state index is 12.7. The molecular weight excluding hydrogens is 436 g/mol. The molecule has 0 radical (unpaired) electrons. The van der Waals surface area contributed by atoms with Gasteiger partial charge in [0.1, 0.15) is 12.6 Å². The highest BCUT2D eigenvalue weighted by Crippen LogP contribution is 2.44. The molecule has 0 saturated heterocycles. The van der Waals surface area contributed by atoms with Gasteiger partial charge in [0.05, 0.1) is 5.41 Å². The number of carboxylic acids is 1. The molecule has 3 rings (SSSR count). The minimum atomic E-state index is -1.09. The molecule has 8 nitrogen and oxygen atoms in total. The first-order valence-electron chi connectivity index (χ1n) is 11.4. The standard InChI is InChI=1S/C26H32N2O6/c1-4-26(2,24(30)31)16-27-23(29)22(13-14-33-3)28-25(32)34-15-21-19-11-7-5-9-17(19)18-10-6-8-12-20(18)21/h5-12,21-22H,4,13-16H2,1-3H3,(H,27,29)(H,28,32)(H,30,31). The van der Waals surface area contributed by atoms with E-state index in [9.17, 15) is 19.5 Å². The Morgan fingerprint density at radius 1 is 1.06 bits per heavy atom. The summed E-state index contributed by atoms with van der Waals surface area (Å²) in [4.78, 5) is 36.9. The number of carbonyl (C=O) groups excluding carboxylic acids is 2. The molecule has 3 N–H and O–H groups in total. The van der Waals surface area contributed by atoms with Gasteiger partial charge in [-0.1, -0.05) is 55.5 Å². The molecule has 2 atom stereocenters. The monoisotopic (exact) mass is 468 g/mol. The highest BCUT2D eigenvalue weighted by atomic mass is 16.5. The molecule has 0 aromatic heterocycles. The van der Waals surface area contributed by atoms with Crippen LogP contribution in [0.4, 0.5) is 4.79 Å². The van der Waals surface area contributed by atoms with Crippen LogP contribution < -0.4 is 10.6 Å². The number of aliphatic carboxylic acids is 1. The maximum Gasteiger partial charge on any atom is 0.407 e. The smallest absolute Gasteiger partial charge is 0.407 e. The molecule has 1 aliphatic rings. The van der Waals surface area contributed by atoms with E-state index in [1.807, 2.05) is 36.4 Å². The van der Waals surface area contributed by atoms with Crippen LogP contribution in [-0.2, 0) is 19.1 Å². The van der Waals surface area contributed by atoms with Crippen molar-refractivity contribution in [1.82, 2.24) is 10.6 Å². The molecular formula is C26H32N2O6. The minimum Gasteiger partial charge on any atom is -0.481 e. The highest BCUT2D eigenvalue weighted by Gasteiger charge is 2.33. The number of ether oxygens (including phenoxy) is 2. The van der Waals surface area contributed by atoms with E-state index >= 15 is 0 Å². The van der Waals surface area contributed by atoms with Crippen molar-refractivity contribution in [3.63, 3.8) is 0 Å². The van der Waals surface area contributed by atoms with Gasteiger partial charge in [-0.05, 0) is 35.6 Å². The molecule has 0 spiro atoms. The van der Waals surface area contributed by atoms with E-state index in [-0.39, 0.29) is 32.1 Å². The number of hydrogen-bond donors (Lipinski definition) is 3. The van der Waals surface area contributed by atoms with Gasteiger partial charge in [0.15, 0.2) is 0 Å². The van der Waals surface area contributed by atoms with Crippen LogP contribution in [0.3, 0.4) is 0 Å². The third-order valence-corrected chi connectivity index (χ3v) is 6.51. The zero-order valence-corrected chi connectivity index (χ0v) is 19.8. The SMILES string of the molecule is CCC(C)(CNC(=O)C(CCOC)NC(=O)OCC1c2ccccc2-c2ccccc21)C(=O)O. The molecule has 34 heavy (non-hydrogen) atoms. The van der Waals surface area contributed by atoms with Gasteiger partial charge in [-0.15, -0.1) is 0 Å². The van der Waals surface area contributed by atoms with Gasteiger partial charge < -0.3 is 25.2 Å². The van der Waals surface area contributed by atoms with E-state index in [4.69, 9.17) is 9.47 Å². The van der Waals surface area contributed by atoms with Crippen LogP contribution in [0.5, 0.6) is 0 Å². The Bertz CT molecular complexity index is 994. The van der Waals surface area contributed by atoms with Gasteiger partial charge in [-0.3, -0.25) is 9.59 Å². The average molecular weight is 469 g/mol. The fraction of sp³-hybridized carbons (Fsp3) is 0.423. The van der Waals surface area contributed by atoms with Crippen molar-refractivity contribution in [3.05, 3.63) is 59.7 Å². The summed E-state index contributed by atoms with van der Waals surface area (Å²) in [5, 5.41) is 14.7. The molecule has 0 aliphatic heterocycles. The van der Waals surface area contributed by atoms with Crippen molar-refractivity contribution >= 4 is 18.0 Å². The minimum absolute atomic E-state index is 0.0481. The first-order chi connectivity index (χ1) is 16.3. The third kappa shape index (κ3) is 5.56. The van der Waals surface area contributed by atoms with Gasteiger partial charge in [0, 0.05) is 32.6 Å². The molecule has 8 heteroatoms. The topological polar surface area (TPSA) is 114 Å². The molecule has 2 amide bonds. The van der Waals surface area contributed by atoms with E-state index in [2.05, 4.69) is 22.8 Å². The Hall–Kier alpha value is -3.39. The van der Waals surface area contributed by atoms with E-state index in [1.165, 1.54) is 7.11 Å². The fourth-order valence-corrected chi connectivity index (χ4v) is 4.04. The Kier molecular flexibility index (Phi) is 8.28. The quantitative estimate of drug-likeness (QED) is 0.465. The molecule has 1 aliphatic carbocycles. The number of benzene rings is 2. The molecule has 0 fully saturated rings. The molecule has 0 heterocycles. The number of fused-ring (bicyclic) bond motifs is 3. The first-order valence-corrected chi connectivity index (χ1v) is 11.4. The lowest BCUT2D eigenvalue weighted by Gasteiger charge is -2.25. The lowest BCUT2D eigenvalue weighted by Crippen LogP contribution is -2.50. The van der Waals surface area contributed by atoms with Gasteiger partial charge in [0.2, 0.25) is 5.91 Å². The Morgan fingerprint density at radius 2 is 1.65 bits per heavy atom. The van der Waals surface area contributed by atoms with Crippen molar-refractivity contribution in [3.8, 4) is 11.1 Å². The van der Waals surface area contributed by atoms with E-state index < -0.39 is 29.4 Å². The molecule has 0 saturated carbocycles.